The summed E-state index contributed by atoms with van der Waals surface area (Å²) in [5, 5.41) is 2.32. The molecule has 0 aliphatic carbocycles. The molecule has 12 heteroatoms. The van der Waals surface area contributed by atoms with Crippen molar-refractivity contribution in [2.75, 3.05) is 5.75 Å². The molecular formula is C8H14N6O3S3. The number of thiol groups is 1. The van der Waals surface area contributed by atoms with E-state index >= 15 is 0 Å². The number of nitrogens with zero attached hydrogens (tertiary/aromatic N) is 2. The molecule has 1 amide bonds. The second kappa shape index (κ2) is 8.73. The highest BCUT2D eigenvalue weighted by Gasteiger charge is 2.04. The molecule has 20 heavy (non-hydrogen) atoms. The van der Waals surface area contributed by atoms with Gasteiger partial charge in [-0.05, 0) is 0 Å². The van der Waals surface area contributed by atoms with Gasteiger partial charge in [-0.1, -0.05) is 0 Å². The maximum atomic E-state index is 11.2. The van der Waals surface area contributed by atoms with E-state index in [4.69, 9.17) is 11.5 Å². The van der Waals surface area contributed by atoms with Crippen molar-refractivity contribution in [2.24, 2.45) is 16.5 Å². The number of hydrogen-bond donors (Lipinski definition) is 5. The van der Waals surface area contributed by atoms with E-state index < -0.39 is 16.8 Å². The Hall–Kier alpha value is -1.37. The number of carbonyl (C=O) groups is 1. The molecule has 0 atom stereocenters. The lowest BCUT2D eigenvalue weighted by Gasteiger charge is -2.01. The first kappa shape index (κ1) is 16.7. The van der Waals surface area contributed by atoms with Gasteiger partial charge < -0.3 is 11.5 Å². The summed E-state index contributed by atoms with van der Waals surface area (Å²) < 4.78 is 20.3. The molecule has 1 heterocycles. The summed E-state index contributed by atoms with van der Waals surface area (Å²) >= 11 is 2.82. The SMILES string of the molecule is NC(N)=Nc1nc(CSCCC(=O)NN[SH](=O)=O)cs1. The minimum Gasteiger partial charge on any atom is -0.370 e. The number of thioether (sulfide) groups is 1. The van der Waals surface area contributed by atoms with E-state index in [9.17, 15) is 13.2 Å². The van der Waals surface area contributed by atoms with Crippen LogP contribution in [0.5, 0.6) is 0 Å². The predicted octanol–water partition coefficient (Wildman–Crippen LogP) is -1.18. The third-order valence-electron chi connectivity index (χ3n) is 1.77. The quantitative estimate of drug-likeness (QED) is 0.131. The lowest BCUT2D eigenvalue weighted by Crippen LogP contribution is -2.36. The molecule has 0 saturated heterocycles. The molecule has 0 radical (unpaired) electrons. The second-order valence-electron chi connectivity index (χ2n) is 3.38. The van der Waals surface area contributed by atoms with Crippen molar-refractivity contribution >= 4 is 51.0 Å². The summed E-state index contributed by atoms with van der Waals surface area (Å²) in [6.45, 7) is 0. The monoisotopic (exact) mass is 338 g/mol. The Balaban J connectivity index is 2.22. The molecule has 1 aromatic heterocycles. The number of guanidine groups is 1. The van der Waals surface area contributed by atoms with Crippen LogP contribution in [0.25, 0.3) is 0 Å². The maximum Gasteiger partial charge on any atom is 0.235 e. The number of hydrazine groups is 1. The molecule has 0 aliphatic rings. The van der Waals surface area contributed by atoms with E-state index in [2.05, 4.69) is 9.98 Å². The first-order chi connectivity index (χ1) is 9.47. The molecule has 0 aromatic carbocycles. The van der Waals surface area contributed by atoms with Crippen molar-refractivity contribution in [1.29, 1.82) is 0 Å². The van der Waals surface area contributed by atoms with Crippen LogP contribution in [0.1, 0.15) is 12.1 Å². The fourth-order valence-corrected chi connectivity index (χ4v) is 2.89. The normalized spacial score (nSPS) is 10.4. The average Bonchev–Trinajstić information content (AvgIpc) is 2.79. The minimum atomic E-state index is -2.82. The lowest BCUT2D eigenvalue weighted by atomic mass is 10.5. The van der Waals surface area contributed by atoms with Crippen molar-refractivity contribution in [3.63, 3.8) is 0 Å². The van der Waals surface area contributed by atoms with Gasteiger partial charge >= 0.3 is 0 Å². The molecule has 0 fully saturated rings. The first-order valence-electron chi connectivity index (χ1n) is 5.28. The van der Waals surface area contributed by atoms with Gasteiger partial charge in [0.25, 0.3) is 0 Å². The number of aliphatic imine (C=N–C) groups is 1. The highest BCUT2D eigenvalue weighted by molar-refractivity contribution is 7.98. The molecule has 1 aromatic rings. The van der Waals surface area contributed by atoms with Gasteiger partial charge in [0.2, 0.25) is 21.9 Å². The first-order valence-corrected chi connectivity index (χ1v) is 8.49. The van der Waals surface area contributed by atoms with Crippen molar-refractivity contribution < 1.29 is 13.2 Å². The van der Waals surface area contributed by atoms with Gasteiger partial charge in [0.1, 0.15) is 0 Å². The van der Waals surface area contributed by atoms with Crippen LogP contribution in [0.3, 0.4) is 0 Å². The lowest BCUT2D eigenvalue weighted by molar-refractivity contribution is -0.121. The molecule has 1 rings (SSSR count). The summed E-state index contributed by atoms with van der Waals surface area (Å²) in [7, 11) is -2.82. The summed E-state index contributed by atoms with van der Waals surface area (Å²) in [5.41, 5.74) is 13.3. The molecule has 112 valence electrons. The minimum absolute atomic E-state index is 0.0422. The number of carbonyl (C=O) groups excluding carboxylic acids is 1. The number of aromatic nitrogens is 1. The number of nitrogens with one attached hydrogen (secondary N) is 2. The van der Waals surface area contributed by atoms with Crippen molar-refractivity contribution in [2.45, 2.75) is 12.2 Å². The van der Waals surface area contributed by atoms with E-state index in [0.29, 0.717) is 16.6 Å². The number of amides is 1. The van der Waals surface area contributed by atoms with E-state index in [1.807, 2.05) is 15.6 Å². The molecule has 6 N–H and O–H groups in total. The Labute approximate surface area is 125 Å². The zero-order chi connectivity index (χ0) is 15.0. The Morgan fingerprint density at radius 1 is 1.50 bits per heavy atom. The molecule has 0 aliphatic heterocycles. The topological polar surface area (TPSA) is 153 Å². The molecule has 9 nitrogen and oxygen atoms in total. The van der Waals surface area contributed by atoms with Crippen LogP contribution in [0.15, 0.2) is 10.4 Å². The number of thiazole rings is 1. The zero-order valence-corrected chi connectivity index (χ0v) is 12.8. The fourth-order valence-electron chi connectivity index (χ4n) is 1.04. The van der Waals surface area contributed by atoms with Crippen LogP contribution in [-0.4, -0.2) is 31.0 Å². The van der Waals surface area contributed by atoms with Crippen LogP contribution in [-0.2, 0) is 21.4 Å². The predicted molar refractivity (Wildman–Crippen MR) is 80.0 cm³/mol. The Kier molecular flexibility index (Phi) is 7.28. The maximum absolute atomic E-state index is 11.2. The van der Waals surface area contributed by atoms with Crippen molar-refractivity contribution in [3.05, 3.63) is 11.1 Å². The summed E-state index contributed by atoms with van der Waals surface area (Å²) in [5.74, 6) is 0.723. The second-order valence-corrected chi connectivity index (χ2v) is 6.06. The standard InChI is InChI=1S/C8H14N6O3S3/c9-7(10)12-8-11-5(4-19-8)3-18-2-1-6(15)13-14-20(16)17/h4,20H,1-3H2,(H,13,15)(H,14,16,17)(H4,9,10,11,12). The Bertz CT molecular complexity index is 543. The van der Waals surface area contributed by atoms with Gasteiger partial charge in [-0.2, -0.15) is 16.8 Å². The average molecular weight is 338 g/mol. The third kappa shape index (κ3) is 7.28. The van der Waals surface area contributed by atoms with Crippen LogP contribution in [0, 0.1) is 0 Å². The van der Waals surface area contributed by atoms with Gasteiger partial charge in [0, 0.05) is 23.3 Å². The summed E-state index contributed by atoms with van der Waals surface area (Å²) in [6, 6.07) is 0. The van der Waals surface area contributed by atoms with Gasteiger partial charge in [-0.15, -0.1) is 16.2 Å². The van der Waals surface area contributed by atoms with Crippen LogP contribution in [0.4, 0.5) is 5.13 Å². The molecule has 0 saturated carbocycles. The van der Waals surface area contributed by atoms with Gasteiger partial charge in [0.15, 0.2) is 5.96 Å². The van der Waals surface area contributed by atoms with Crippen molar-refractivity contribution in [3.8, 4) is 0 Å². The fraction of sp³-hybridized carbons (Fsp3) is 0.375. The Morgan fingerprint density at radius 3 is 2.90 bits per heavy atom. The van der Waals surface area contributed by atoms with Gasteiger partial charge in [-0.3, -0.25) is 10.2 Å². The van der Waals surface area contributed by atoms with E-state index in [0.717, 1.165) is 5.69 Å². The largest absolute Gasteiger partial charge is 0.370 e. The third-order valence-corrected chi connectivity index (χ3v) is 3.84. The summed E-state index contributed by atoms with van der Waals surface area (Å²) in [4.78, 5) is 21.0. The number of nitrogens with two attached hydrogens (primary N) is 2. The van der Waals surface area contributed by atoms with Crippen LogP contribution < -0.4 is 21.7 Å². The highest BCUT2D eigenvalue weighted by atomic mass is 32.2. The van der Waals surface area contributed by atoms with E-state index in [1.54, 1.807) is 0 Å². The summed E-state index contributed by atoms with van der Waals surface area (Å²) in [6.07, 6.45) is 0.200. The van der Waals surface area contributed by atoms with Crippen LogP contribution >= 0.6 is 23.1 Å². The van der Waals surface area contributed by atoms with E-state index in [1.165, 1.54) is 23.1 Å². The molecule has 0 bridgehead atoms. The van der Waals surface area contributed by atoms with Crippen molar-refractivity contribution in [1.82, 2.24) is 15.2 Å². The molecular weight excluding hydrogens is 324 g/mol. The highest BCUT2D eigenvalue weighted by Crippen LogP contribution is 2.21. The van der Waals surface area contributed by atoms with Crippen LogP contribution in [0.2, 0.25) is 0 Å². The number of hydrogen-bond acceptors (Lipinski definition) is 7. The molecule has 0 unspecified atom stereocenters. The smallest absolute Gasteiger partial charge is 0.235 e. The number of rotatable bonds is 8. The van der Waals surface area contributed by atoms with E-state index in [-0.39, 0.29) is 12.4 Å². The van der Waals surface area contributed by atoms with Gasteiger partial charge in [-0.25, -0.2) is 13.4 Å². The van der Waals surface area contributed by atoms with Gasteiger partial charge in [0.05, 0.1) is 5.69 Å². The zero-order valence-electron chi connectivity index (χ0n) is 10.2. The Morgan fingerprint density at radius 2 is 2.25 bits per heavy atom. The molecule has 0 spiro atoms.